The number of anilines is 1. The Hall–Kier alpha value is -3.16. The van der Waals surface area contributed by atoms with Crippen LogP contribution in [-0.2, 0) is 0 Å². The molecular weight excluding hydrogens is 420 g/mol. The number of nitrogens with one attached hydrogen (secondary N) is 2. The van der Waals surface area contributed by atoms with Gasteiger partial charge in [-0.25, -0.2) is 4.98 Å². The molecule has 1 aliphatic rings. The maximum atomic E-state index is 13.0. The molecule has 1 fully saturated rings. The van der Waals surface area contributed by atoms with Gasteiger partial charge in [-0.05, 0) is 67.9 Å². The van der Waals surface area contributed by atoms with E-state index in [9.17, 15) is 9.59 Å². The lowest BCUT2D eigenvalue weighted by molar-refractivity contribution is 0.0766. The van der Waals surface area contributed by atoms with E-state index in [1.54, 1.807) is 30.5 Å². The van der Waals surface area contributed by atoms with E-state index in [1.165, 1.54) is 11.8 Å². The zero-order chi connectivity index (χ0) is 22.3. The van der Waals surface area contributed by atoms with Crippen LogP contribution in [0, 0.1) is 6.92 Å². The Kier molecular flexibility index (Phi) is 7.19. The summed E-state index contributed by atoms with van der Waals surface area (Å²) < 4.78 is 0. The first-order valence-corrected chi connectivity index (χ1v) is 11.5. The predicted octanol–water partition coefficient (Wildman–Crippen LogP) is 4.23. The first-order chi connectivity index (χ1) is 15.6. The van der Waals surface area contributed by atoms with Crippen molar-refractivity contribution in [1.29, 1.82) is 0 Å². The molecule has 1 saturated heterocycles. The average Bonchev–Trinajstić information content (AvgIpc) is 3.10. The van der Waals surface area contributed by atoms with E-state index < -0.39 is 0 Å². The fraction of sp³-hybridized carbons (Fsp3) is 0.240. The van der Waals surface area contributed by atoms with Gasteiger partial charge in [0.15, 0.2) is 0 Å². The molecule has 0 bridgehead atoms. The monoisotopic (exact) mass is 446 g/mol. The quantitative estimate of drug-likeness (QED) is 0.614. The molecule has 2 heterocycles. The molecule has 32 heavy (non-hydrogen) atoms. The molecular formula is C25H26N4O2S. The molecule has 0 spiro atoms. The fourth-order valence-corrected chi connectivity index (χ4v) is 4.50. The summed E-state index contributed by atoms with van der Waals surface area (Å²) in [4.78, 5) is 33.2. The van der Waals surface area contributed by atoms with Crippen molar-refractivity contribution >= 4 is 29.3 Å². The molecule has 2 N–H and O–H groups in total. The number of aryl methyl sites for hydroxylation is 1. The van der Waals surface area contributed by atoms with Crippen LogP contribution in [0.3, 0.4) is 0 Å². The summed E-state index contributed by atoms with van der Waals surface area (Å²) in [6, 6.07) is 18.8. The zero-order valence-corrected chi connectivity index (χ0v) is 18.8. The van der Waals surface area contributed by atoms with Crippen molar-refractivity contribution in [2.75, 3.05) is 31.5 Å². The van der Waals surface area contributed by atoms with Crippen LogP contribution in [0.1, 0.15) is 32.7 Å². The van der Waals surface area contributed by atoms with Crippen molar-refractivity contribution in [2.24, 2.45) is 0 Å². The topological polar surface area (TPSA) is 74.3 Å². The summed E-state index contributed by atoms with van der Waals surface area (Å²) >= 11 is 1.45. The van der Waals surface area contributed by atoms with Gasteiger partial charge in [0, 0.05) is 42.0 Å². The second kappa shape index (κ2) is 10.4. The first-order valence-electron chi connectivity index (χ1n) is 10.7. The van der Waals surface area contributed by atoms with Crippen molar-refractivity contribution in [3.8, 4) is 0 Å². The predicted molar refractivity (Wildman–Crippen MR) is 127 cm³/mol. The molecule has 7 heteroatoms. The van der Waals surface area contributed by atoms with Gasteiger partial charge < -0.3 is 15.5 Å². The molecule has 3 aromatic rings. The number of amides is 2. The molecule has 164 valence electrons. The van der Waals surface area contributed by atoms with Crippen LogP contribution in [0.5, 0.6) is 0 Å². The highest BCUT2D eigenvalue weighted by molar-refractivity contribution is 7.99. The number of carbonyl (C=O) groups excluding carboxylic acids is 2. The third-order valence-corrected chi connectivity index (χ3v) is 6.35. The molecule has 0 unspecified atom stereocenters. The van der Waals surface area contributed by atoms with Crippen LogP contribution in [0.15, 0.2) is 76.8 Å². The minimum absolute atomic E-state index is 0.0310. The van der Waals surface area contributed by atoms with Crippen molar-refractivity contribution in [3.05, 3.63) is 83.6 Å². The van der Waals surface area contributed by atoms with Gasteiger partial charge >= 0.3 is 0 Å². The number of aromatic nitrogens is 1. The average molecular weight is 447 g/mol. The summed E-state index contributed by atoms with van der Waals surface area (Å²) in [5.41, 5.74) is 2.68. The minimum atomic E-state index is -0.225. The van der Waals surface area contributed by atoms with Gasteiger partial charge in [-0.2, -0.15) is 0 Å². The summed E-state index contributed by atoms with van der Waals surface area (Å²) in [5, 5.41) is 6.94. The van der Waals surface area contributed by atoms with Crippen LogP contribution in [0.2, 0.25) is 0 Å². The molecule has 4 rings (SSSR count). The lowest BCUT2D eigenvalue weighted by atomic mass is 10.1. The highest BCUT2D eigenvalue weighted by atomic mass is 32.2. The van der Waals surface area contributed by atoms with Gasteiger partial charge in [-0.3, -0.25) is 9.59 Å². The summed E-state index contributed by atoms with van der Waals surface area (Å²) in [5.74, 6) is -0.194. The third-order valence-electron chi connectivity index (χ3n) is 5.32. The minimum Gasteiger partial charge on any atom is -0.337 e. The van der Waals surface area contributed by atoms with Crippen LogP contribution in [0.4, 0.5) is 5.69 Å². The second-order valence-corrected chi connectivity index (χ2v) is 8.71. The zero-order valence-electron chi connectivity index (χ0n) is 18.0. The molecule has 0 aliphatic carbocycles. The van der Waals surface area contributed by atoms with Gasteiger partial charge in [-0.1, -0.05) is 30.0 Å². The van der Waals surface area contributed by atoms with E-state index in [-0.39, 0.29) is 11.8 Å². The molecule has 0 radical (unpaired) electrons. The lowest BCUT2D eigenvalue weighted by Gasteiger charge is -2.20. The van der Waals surface area contributed by atoms with Gasteiger partial charge in [0.2, 0.25) is 0 Å². The van der Waals surface area contributed by atoms with Crippen LogP contribution < -0.4 is 10.6 Å². The molecule has 0 saturated carbocycles. The Morgan fingerprint density at radius 1 is 1.03 bits per heavy atom. The number of benzene rings is 2. The van der Waals surface area contributed by atoms with E-state index >= 15 is 0 Å². The molecule has 6 nitrogen and oxygen atoms in total. The third kappa shape index (κ3) is 5.36. The van der Waals surface area contributed by atoms with Crippen molar-refractivity contribution in [1.82, 2.24) is 15.2 Å². The van der Waals surface area contributed by atoms with Crippen LogP contribution >= 0.6 is 11.8 Å². The van der Waals surface area contributed by atoms with E-state index in [4.69, 9.17) is 0 Å². The number of nitrogens with zero attached hydrogens (tertiary/aromatic N) is 2. The Balaban J connectivity index is 1.49. The standard InChI is InChI=1S/C25H26N4O2S/c1-18-17-19(25(31)29-15-6-12-26-14-16-29)10-11-22(18)28-23(30)21-9-5-13-27-24(21)32-20-7-3-2-4-8-20/h2-5,7-11,13,17,26H,6,12,14-16H2,1H3,(H,28,30). The molecule has 2 amide bonds. The van der Waals surface area contributed by atoms with E-state index in [1.807, 2.05) is 48.2 Å². The lowest BCUT2D eigenvalue weighted by Crippen LogP contribution is -2.34. The van der Waals surface area contributed by atoms with Crippen LogP contribution in [-0.4, -0.2) is 47.9 Å². The Morgan fingerprint density at radius 3 is 2.69 bits per heavy atom. The number of hydrogen-bond donors (Lipinski definition) is 2. The van der Waals surface area contributed by atoms with E-state index in [0.717, 1.165) is 36.5 Å². The van der Waals surface area contributed by atoms with Crippen molar-refractivity contribution < 1.29 is 9.59 Å². The highest BCUT2D eigenvalue weighted by Crippen LogP contribution is 2.29. The second-order valence-electron chi connectivity index (χ2n) is 7.65. The maximum Gasteiger partial charge on any atom is 0.258 e. The normalized spacial score (nSPS) is 14.0. The number of hydrogen-bond acceptors (Lipinski definition) is 5. The highest BCUT2D eigenvalue weighted by Gasteiger charge is 2.19. The number of carbonyl (C=O) groups is 2. The Morgan fingerprint density at radius 2 is 1.88 bits per heavy atom. The van der Waals surface area contributed by atoms with E-state index in [0.29, 0.717) is 28.4 Å². The SMILES string of the molecule is Cc1cc(C(=O)N2CCCNCC2)ccc1NC(=O)c1cccnc1Sc1ccccc1. The van der Waals surface area contributed by atoms with Gasteiger partial charge in [0.05, 0.1) is 5.56 Å². The summed E-state index contributed by atoms with van der Waals surface area (Å²) in [7, 11) is 0. The van der Waals surface area contributed by atoms with Crippen molar-refractivity contribution in [3.63, 3.8) is 0 Å². The molecule has 1 aromatic heterocycles. The molecule has 2 aromatic carbocycles. The van der Waals surface area contributed by atoms with Gasteiger partial charge in [-0.15, -0.1) is 0 Å². The van der Waals surface area contributed by atoms with E-state index in [2.05, 4.69) is 15.6 Å². The largest absolute Gasteiger partial charge is 0.337 e. The number of rotatable bonds is 5. The Bertz CT molecular complexity index is 1100. The molecule has 1 aliphatic heterocycles. The van der Waals surface area contributed by atoms with Crippen LogP contribution in [0.25, 0.3) is 0 Å². The first kappa shape index (κ1) is 22.0. The summed E-state index contributed by atoms with van der Waals surface area (Å²) in [6.07, 6.45) is 2.64. The Labute approximate surface area is 192 Å². The van der Waals surface area contributed by atoms with Gasteiger partial charge in [0.25, 0.3) is 11.8 Å². The summed E-state index contributed by atoms with van der Waals surface area (Å²) in [6.45, 7) is 5.12. The fourth-order valence-electron chi connectivity index (χ4n) is 3.60. The van der Waals surface area contributed by atoms with Crippen molar-refractivity contribution in [2.45, 2.75) is 23.3 Å². The molecule has 0 atom stereocenters. The number of pyridine rings is 1. The van der Waals surface area contributed by atoms with Gasteiger partial charge in [0.1, 0.15) is 5.03 Å². The smallest absolute Gasteiger partial charge is 0.258 e. The maximum absolute atomic E-state index is 13.0.